The van der Waals surface area contributed by atoms with Gasteiger partial charge in [0.25, 0.3) is 17.7 Å². The van der Waals surface area contributed by atoms with Crippen LogP contribution in [0, 0.1) is 12.8 Å². The van der Waals surface area contributed by atoms with E-state index in [1.807, 2.05) is 31.2 Å². The summed E-state index contributed by atoms with van der Waals surface area (Å²) in [6.07, 6.45) is 0. The average Bonchev–Trinajstić information content (AvgIpc) is 2.69. The molecule has 2 rings (SSSR count). The van der Waals surface area contributed by atoms with Crippen LogP contribution in [0.5, 0.6) is 0 Å². The number of nitrogens with one attached hydrogen (secondary N) is 4. The Morgan fingerprint density at radius 3 is 2.14 bits per heavy atom. The van der Waals surface area contributed by atoms with Gasteiger partial charge in [-0.1, -0.05) is 43.1 Å². The second kappa shape index (κ2) is 10.5. The summed E-state index contributed by atoms with van der Waals surface area (Å²) in [7, 11) is 0. The Labute approximate surface area is 175 Å². The van der Waals surface area contributed by atoms with Crippen LogP contribution in [0.2, 0.25) is 5.02 Å². The Hall–Kier alpha value is -3.06. The highest BCUT2D eigenvalue weighted by Gasteiger charge is 2.25. The number of amides is 3. The first-order valence-electron chi connectivity index (χ1n) is 9.22. The number of carbonyl (C=O) groups excluding carboxylic acids is 3. The molecule has 4 N–H and O–H groups in total. The summed E-state index contributed by atoms with van der Waals surface area (Å²) >= 11 is 5.82. The molecule has 0 aliphatic heterocycles. The molecule has 154 valence electrons. The fraction of sp³-hybridized carbons (Fsp3) is 0.286. The van der Waals surface area contributed by atoms with Crippen molar-refractivity contribution in [3.8, 4) is 0 Å². The van der Waals surface area contributed by atoms with Crippen LogP contribution in [-0.4, -0.2) is 30.3 Å². The lowest BCUT2D eigenvalue weighted by molar-refractivity contribution is -0.129. The number of benzene rings is 2. The van der Waals surface area contributed by atoms with E-state index in [0.29, 0.717) is 10.6 Å². The highest BCUT2D eigenvalue weighted by molar-refractivity contribution is 6.30. The average molecular weight is 417 g/mol. The molecule has 1 atom stereocenters. The van der Waals surface area contributed by atoms with Crippen molar-refractivity contribution in [2.24, 2.45) is 5.92 Å². The van der Waals surface area contributed by atoms with Gasteiger partial charge in [-0.3, -0.25) is 25.2 Å². The monoisotopic (exact) mass is 416 g/mol. The molecule has 0 aromatic heterocycles. The third kappa shape index (κ3) is 7.12. The van der Waals surface area contributed by atoms with E-state index in [-0.39, 0.29) is 12.5 Å². The smallest absolute Gasteiger partial charge is 0.261 e. The molecule has 8 heteroatoms. The van der Waals surface area contributed by atoms with Crippen molar-refractivity contribution in [1.29, 1.82) is 0 Å². The summed E-state index contributed by atoms with van der Waals surface area (Å²) in [5, 5.41) is 6.16. The van der Waals surface area contributed by atoms with Crippen molar-refractivity contribution in [3.05, 3.63) is 64.7 Å². The fourth-order valence-corrected chi connectivity index (χ4v) is 2.59. The minimum atomic E-state index is -0.816. The van der Waals surface area contributed by atoms with Gasteiger partial charge in [0.05, 0.1) is 6.54 Å². The third-order valence-corrected chi connectivity index (χ3v) is 4.42. The van der Waals surface area contributed by atoms with Gasteiger partial charge < -0.3 is 10.6 Å². The topological polar surface area (TPSA) is 99.3 Å². The molecule has 0 aliphatic carbocycles. The second-order valence-electron chi connectivity index (χ2n) is 6.96. The van der Waals surface area contributed by atoms with Gasteiger partial charge in [0.2, 0.25) is 0 Å². The van der Waals surface area contributed by atoms with E-state index < -0.39 is 23.8 Å². The van der Waals surface area contributed by atoms with Gasteiger partial charge in [-0.05, 0) is 49.2 Å². The molecule has 0 fully saturated rings. The van der Waals surface area contributed by atoms with E-state index in [2.05, 4.69) is 21.5 Å². The molecular formula is C21H25ClN4O3. The predicted molar refractivity (Wildman–Crippen MR) is 113 cm³/mol. The van der Waals surface area contributed by atoms with Crippen LogP contribution in [0.25, 0.3) is 0 Å². The molecule has 7 nitrogen and oxygen atoms in total. The van der Waals surface area contributed by atoms with Crippen molar-refractivity contribution in [2.75, 3.05) is 11.9 Å². The molecule has 0 radical (unpaired) electrons. The highest BCUT2D eigenvalue weighted by atomic mass is 35.5. The number of anilines is 1. The number of hydrogen-bond acceptors (Lipinski definition) is 4. The first-order chi connectivity index (χ1) is 13.8. The number of carbonyl (C=O) groups is 3. The van der Waals surface area contributed by atoms with Gasteiger partial charge in [0, 0.05) is 16.3 Å². The second-order valence-corrected chi connectivity index (χ2v) is 7.40. The zero-order valence-corrected chi connectivity index (χ0v) is 17.3. The van der Waals surface area contributed by atoms with Crippen LogP contribution in [0.4, 0.5) is 5.69 Å². The van der Waals surface area contributed by atoms with E-state index in [1.54, 1.807) is 38.1 Å². The van der Waals surface area contributed by atoms with E-state index in [4.69, 9.17) is 11.6 Å². The van der Waals surface area contributed by atoms with Gasteiger partial charge >= 0.3 is 0 Å². The number of halogens is 1. The lowest BCUT2D eigenvalue weighted by atomic mass is 10.0. The lowest BCUT2D eigenvalue weighted by Crippen LogP contribution is -2.55. The number of hydrazine groups is 1. The van der Waals surface area contributed by atoms with E-state index in [0.717, 1.165) is 11.3 Å². The lowest BCUT2D eigenvalue weighted by Gasteiger charge is -2.22. The normalized spacial score (nSPS) is 11.5. The fourth-order valence-electron chi connectivity index (χ4n) is 2.47. The Balaban J connectivity index is 1.85. The summed E-state index contributed by atoms with van der Waals surface area (Å²) in [5.41, 5.74) is 7.02. The summed E-state index contributed by atoms with van der Waals surface area (Å²) in [5.74, 6) is -1.51. The summed E-state index contributed by atoms with van der Waals surface area (Å²) in [6, 6.07) is 13.1. The Bertz CT molecular complexity index is 851. The van der Waals surface area contributed by atoms with Crippen molar-refractivity contribution in [1.82, 2.24) is 16.2 Å². The Morgan fingerprint density at radius 2 is 1.55 bits per heavy atom. The predicted octanol–water partition coefficient (Wildman–Crippen LogP) is 2.66. The van der Waals surface area contributed by atoms with E-state index in [1.165, 1.54) is 0 Å². The minimum Gasteiger partial charge on any atom is -0.376 e. The molecule has 1 unspecified atom stereocenters. The molecule has 0 bridgehead atoms. The maximum absolute atomic E-state index is 12.4. The van der Waals surface area contributed by atoms with Crippen molar-refractivity contribution in [2.45, 2.75) is 26.8 Å². The minimum absolute atomic E-state index is 0.00712. The van der Waals surface area contributed by atoms with Crippen LogP contribution >= 0.6 is 11.6 Å². The Kier molecular flexibility index (Phi) is 8.03. The van der Waals surface area contributed by atoms with Gasteiger partial charge in [-0.15, -0.1) is 0 Å². The SMILES string of the molecule is Cc1ccc(NCC(=O)NNC(=O)C(NC(=O)c2ccc(Cl)cc2)C(C)C)cc1. The first-order valence-corrected chi connectivity index (χ1v) is 9.59. The Morgan fingerprint density at radius 1 is 0.931 bits per heavy atom. The van der Waals surface area contributed by atoms with Crippen LogP contribution < -0.4 is 21.5 Å². The van der Waals surface area contributed by atoms with Crippen molar-refractivity contribution >= 4 is 35.0 Å². The highest BCUT2D eigenvalue weighted by Crippen LogP contribution is 2.11. The molecular weight excluding hydrogens is 392 g/mol. The van der Waals surface area contributed by atoms with Crippen LogP contribution in [0.1, 0.15) is 29.8 Å². The summed E-state index contributed by atoms with van der Waals surface area (Å²) < 4.78 is 0. The van der Waals surface area contributed by atoms with Gasteiger partial charge in [-0.25, -0.2) is 0 Å². The molecule has 3 amide bonds. The van der Waals surface area contributed by atoms with Crippen LogP contribution in [0.3, 0.4) is 0 Å². The van der Waals surface area contributed by atoms with Crippen molar-refractivity contribution < 1.29 is 14.4 Å². The largest absolute Gasteiger partial charge is 0.376 e. The van der Waals surface area contributed by atoms with Crippen LogP contribution in [0.15, 0.2) is 48.5 Å². The molecule has 29 heavy (non-hydrogen) atoms. The molecule has 0 heterocycles. The van der Waals surface area contributed by atoms with Crippen molar-refractivity contribution in [3.63, 3.8) is 0 Å². The number of rotatable bonds is 7. The van der Waals surface area contributed by atoms with Gasteiger partial charge in [-0.2, -0.15) is 0 Å². The first kappa shape index (κ1) is 22.2. The maximum atomic E-state index is 12.4. The quantitative estimate of drug-likeness (QED) is 0.521. The molecule has 2 aromatic carbocycles. The van der Waals surface area contributed by atoms with E-state index >= 15 is 0 Å². The zero-order chi connectivity index (χ0) is 21.4. The third-order valence-electron chi connectivity index (χ3n) is 4.17. The van der Waals surface area contributed by atoms with Crippen LogP contribution in [-0.2, 0) is 9.59 Å². The summed E-state index contributed by atoms with van der Waals surface area (Å²) in [6.45, 7) is 5.57. The zero-order valence-electron chi connectivity index (χ0n) is 16.6. The molecule has 0 saturated carbocycles. The maximum Gasteiger partial charge on any atom is 0.261 e. The summed E-state index contributed by atoms with van der Waals surface area (Å²) in [4.78, 5) is 36.8. The number of hydrogen-bond donors (Lipinski definition) is 4. The van der Waals surface area contributed by atoms with Gasteiger partial charge in [0.1, 0.15) is 6.04 Å². The van der Waals surface area contributed by atoms with Gasteiger partial charge in [0.15, 0.2) is 0 Å². The van der Waals surface area contributed by atoms with E-state index in [9.17, 15) is 14.4 Å². The standard InChI is InChI=1S/C21H25ClN4O3/c1-13(2)19(24-20(28)15-6-8-16(22)9-7-15)21(29)26-25-18(27)12-23-17-10-4-14(3)5-11-17/h4-11,13,19,23H,12H2,1-3H3,(H,24,28)(H,25,27)(H,26,29). The molecule has 0 spiro atoms. The molecule has 2 aromatic rings. The molecule has 0 aliphatic rings. The molecule has 0 saturated heterocycles. The number of aryl methyl sites for hydroxylation is 1.